The molecule has 4 heteroatoms. The van der Waals surface area contributed by atoms with Gasteiger partial charge in [0.2, 0.25) is 0 Å². The van der Waals surface area contributed by atoms with Crippen LogP contribution in [-0.4, -0.2) is 19.1 Å². The third-order valence-electron chi connectivity index (χ3n) is 6.01. The van der Waals surface area contributed by atoms with E-state index in [0.717, 1.165) is 16.6 Å². The quantitative estimate of drug-likeness (QED) is 0.659. The monoisotopic (exact) mass is 358 g/mol. The summed E-state index contributed by atoms with van der Waals surface area (Å²) in [5, 5.41) is 1.64. The molecule has 2 nitrogen and oxygen atoms in total. The van der Waals surface area contributed by atoms with Gasteiger partial charge < -0.3 is 9.80 Å². The predicted molar refractivity (Wildman–Crippen MR) is 101 cm³/mol. The number of hydrogen-bond donors (Lipinski definition) is 0. The van der Waals surface area contributed by atoms with Crippen molar-refractivity contribution in [2.45, 2.75) is 31.3 Å². The van der Waals surface area contributed by atoms with Gasteiger partial charge in [-0.15, -0.1) is 0 Å². The average Bonchev–Trinajstić information content (AvgIpc) is 3.22. The lowest BCUT2D eigenvalue weighted by atomic mass is 9.81. The fourth-order valence-corrected chi connectivity index (χ4v) is 5.41. The summed E-state index contributed by atoms with van der Waals surface area (Å²) in [6.45, 7) is 2.29. The number of rotatable bonds is 1. The van der Waals surface area contributed by atoms with Crippen molar-refractivity contribution in [2.24, 2.45) is 5.92 Å². The first kappa shape index (κ1) is 14.9. The number of hydrogen-bond acceptors (Lipinski definition) is 2. The lowest BCUT2D eigenvalue weighted by Gasteiger charge is -2.44. The first-order valence-electron chi connectivity index (χ1n) is 8.81. The molecule has 2 aromatic rings. The number of nitrogens with zero attached hydrogens (tertiary/aromatic N) is 2. The second kappa shape index (κ2) is 5.57. The molecular formula is C20H20Cl2N2. The maximum Gasteiger partial charge on any atom is 0.0611 e. The predicted octanol–water partition coefficient (Wildman–Crippen LogP) is 5.54. The van der Waals surface area contributed by atoms with Crippen LogP contribution in [-0.2, 0) is 0 Å². The molecule has 0 aromatic heterocycles. The zero-order valence-corrected chi connectivity index (χ0v) is 15.0. The summed E-state index contributed by atoms with van der Waals surface area (Å²) in [6.07, 6.45) is 3.87. The Morgan fingerprint density at radius 2 is 1.62 bits per heavy atom. The Kier molecular flexibility index (Phi) is 3.46. The molecule has 3 aliphatic rings. The van der Waals surface area contributed by atoms with Gasteiger partial charge in [-0.3, -0.25) is 0 Å². The normalized spacial score (nSPS) is 27.8. The van der Waals surface area contributed by atoms with Crippen molar-refractivity contribution in [1.82, 2.24) is 0 Å². The van der Waals surface area contributed by atoms with E-state index in [0.29, 0.717) is 18.0 Å². The minimum atomic E-state index is 0.430. The van der Waals surface area contributed by atoms with Crippen molar-refractivity contribution in [3.63, 3.8) is 0 Å². The molecule has 0 bridgehead atoms. The number of fused-ring (bicyclic) bond motifs is 6. The first-order valence-corrected chi connectivity index (χ1v) is 9.56. The Morgan fingerprint density at radius 1 is 0.833 bits per heavy atom. The molecular weight excluding hydrogens is 339 g/mol. The van der Waals surface area contributed by atoms with Crippen molar-refractivity contribution in [3.8, 4) is 0 Å². The zero-order chi connectivity index (χ0) is 16.3. The van der Waals surface area contributed by atoms with E-state index in [4.69, 9.17) is 23.2 Å². The second-order valence-corrected chi connectivity index (χ2v) is 8.05. The van der Waals surface area contributed by atoms with Gasteiger partial charge in [0, 0.05) is 46.5 Å². The van der Waals surface area contributed by atoms with Crippen LogP contribution in [0.2, 0.25) is 10.0 Å². The SMILES string of the molecule is Clc1ccc(N2CC[C@@H]3[C@@H]4CCCN4c4ccc(Cl)cc4[C@@H]32)cc1. The topological polar surface area (TPSA) is 6.48 Å². The highest BCUT2D eigenvalue weighted by molar-refractivity contribution is 6.31. The molecule has 0 unspecified atom stereocenters. The average molecular weight is 359 g/mol. The Bertz CT molecular complexity index is 774. The van der Waals surface area contributed by atoms with Gasteiger partial charge in [0.15, 0.2) is 0 Å². The lowest BCUT2D eigenvalue weighted by Crippen LogP contribution is -2.44. The van der Waals surface area contributed by atoms with Crippen molar-refractivity contribution >= 4 is 34.6 Å². The molecule has 3 aliphatic heterocycles. The molecule has 124 valence electrons. The third kappa shape index (κ3) is 2.16. The number of halogens is 2. The van der Waals surface area contributed by atoms with Crippen LogP contribution in [0.15, 0.2) is 42.5 Å². The molecule has 0 N–H and O–H groups in total. The maximum atomic E-state index is 6.37. The number of anilines is 2. The molecule has 0 amide bonds. The largest absolute Gasteiger partial charge is 0.368 e. The summed E-state index contributed by atoms with van der Waals surface area (Å²) in [7, 11) is 0. The molecule has 3 heterocycles. The summed E-state index contributed by atoms with van der Waals surface area (Å²) in [5.41, 5.74) is 4.06. The highest BCUT2D eigenvalue weighted by Crippen LogP contribution is 2.53. The molecule has 5 rings (SSSR count). The van der Waals surface area contributed by atoms with Crippen LogP contribution in [0.1, 0.15) is 30.9 Å². The Balaban J connectivity index is 1.63. The lowest BCUT2D eigenvalue weighted by molar-refractivity contribution is 0.374. The van der Waals surface area contributed by atoms with Crippen LogP contribution in [0.3, 0.4) is 0 Å². The Morgan fingerprint density at radius 3 is 2.46 bits per heavy atom. The van der Waals surface area contributed by atoms with E-state index in [2.05, 4.69) is 34.1 Å². The molecule has 0 spiro atoms. The molecule has 2 saturated heterocycles. The smallest absolute Gasteiger partial charge is 0.0611 e. The van der Waals surface area contributed by atoms with Crippen molar-refractivity contribution < 1.29 is 0 Å². The Hall–Kier alpha value is -1.38. The van der Waals surface area contributed by atoms with E-state index in [9.17, 15) is 0 Å². The summed E-state index contributed by atoms with van der Waals surface area (Å²) in [6, 6.07) is 15.9. The molecule has 2 aromatic carbocycles. The van der Waals surface area contributed by atoms with Crippen molar-refractivity contribution in [2.75, 3.05) is 22.9 Å². The Labute approximate surface area is 153 Å². The summed E-state index contributed by atoms with van der Waals surface area (Å²) in [5.74, 6) is 0.689. The van der Waals surface area contributed by atoms with Gasteiger partial charge in [0.25, 0.3) is 0 Å². The molecule has 24 heavy (non-hydrogen) atoms. The van der Waals surface area contributed by atoms with Gasteiger partial charge in [-0.25, -0.2) is 0 Å². The van der Waals surface area contributed by atoms with Crippen LogP contribution < -0.4 is 9.80 Å². The fourth-order valence-electron chi connectivity index (χ4n) is 5.10. The van der Waals surface area contributed by atoms with Crippen LogP contribution in [0.4, 0.5) is 11.4 Å². The molecule has 2 fully saturated rings. The highest BCUT2D eigenvalue weighted by Gasteiger charge is 2.48. The van der Waals surface area contributed by atoms with Crippen LogP contribution >= 0.6 is 23.2 Å². The fraction of sp³-hybridized carbons (Fsp3) is 0.400. The van der Waals surface area contributed by atoms with Gasteiger partial charge in [0.1, 0.15) is 0 Å². The van der Waals surface area contributed by atoms with E-state index in [-0.39, 0.29) is 0 Å². The van der Waals surface area contributed by atoms with Crippen LogP contribution in [0.5, 0.6) is 0 Å². The zero-order valence-electron chi connectivity index (χ0n) is 13.5. The van der Waals surface area contributed by atoms with Gasteiger partial charge >= 0.3 is 0 Å². The molecule has 0 radical (unpaired) electrons. The van der Waals surface area contributed by atoms with Gasteiger partial charge in [-0.1, -0.05) is 23.2 Å². The second-order valence-electron chi connectivity index (χ2n) is 7.17. The molecule has 3 atom stereocenters. The van der Waals surface area contributed by atoms with Crippen LogP contribution in [0.25, 0.3) is 0 Å². The van der Waals surface area contributed by atoms with Crippen molar-refractivity contribution in [1.29, 1.82) is 0 Å². The minimum Gasteiger partial charge on any atom is -0.368 e. The number of benzene rings is 2. The van der Waals surface area contributed by atoms with Gasteiger partial charge in [0.05, 0.1) is 6.04 Å². The summed E-state index contributed by atoms with van der Waals surface area (Å²) < 4.78 is 0. The van der Waals surface area contributed by atoms with Crippen LogP contribution in [0, 0.1) is 5.92 Å². The molecule has 0 aliphatic carbocycles. The van der Waals surface area contributed by atoms with E-state index in [1.165, 1.54) is 42.7 Å². The highest BCUT2D eigenvalue weighted by atomic mass is 35.5. The van der Waals surface area contributed by atoms with Gasteiger partial charge in [-0.05, 0) is 67.3 Å². The van der Waals surface area contributed by atoms with E-state index < -0.39 is 0 Å². The van der Waals surface area contributed by atoms with E-state index in [1.54, 1.807) is 0 Å². The minimum absolute atomic E-state index is 0.430. The standard InChI is InChI=1S/C20H20Cl2N2/c21-13-3-6-15(7-4-13)23-11-9-16-18-2-1-10-24(18)19-8-5-14(22)12-17(19)20(16)23/h3-8,12,16,18,20H,1-2,9-11H2/t16-,18+,20-/m1/s1. The summed E-state index contributed by atoms with van der Waals surface area (Å²) >= 11 is 12.5. The maximum absolute atomic E-state index is 6.37. The van der Waals surface area contributed by atoms with Gasteiger partial charge in [-0.2, -0.15) is 0 Å². The van der Waals surface area contributed by atoms with E-state index in [1.807, 2.05) is 18.2 Å². The summed E-state index contributed by atoms with van der Waals surface area (Å²) in [4.78, 5) is 5.20. The first-order chi connectivity index (χ1) is 11.7. The third-order valence-corrected chi connectivity index (χ3v) is 6.50. The van der Waals surface area contributed by atoms with Crippen molar-refractivity contribution in [3.05, 3.63) is 58.1 Å². The molecule has 0 saturated carbocycles. The van der Waals surface area contributed by atoms with E-state index >= 15 is 0 Å².